The highest BCUT2D eigenvalue weighted by Gasteiger charge is 2.12. The number of hydrogen-bond acceptors (Lipinski definition) is 2. The van der Waals surface area contributed by atoms with Gasteiger partial charge in [-0.1, -0.05) is 11.6 Å². The van der Waals surface area contributed by atoms with Crippen molar-refractivity contribution in [2.24, 2.45) is 0 Å². The molecule has 0 fully saturated rings. The highest BCUT2D eigenvalue weighted by molar-refractivity contribution is 5.03. The Morgan fingerprint density at radius 3 is 2.27 bits per heavy atom. The van der Waals surface area contributed by atoms with Crippen molar-refractivity contribution in [3.8, 4) is 0 Å². The molecular formula is C9H18O2. The Morgan fingerprint density at radius 2 is 2.00 bits per heavy atom. The lowest BCUT2D eigenvalue weighted by Gasteiger charge is -2.17. The highest BCUT2D eigenvalue weighted by Crippen LogP contribution is 2.14. The van der Waals surface area contributed by atoms with Gasteiger partial charge in [0, 0.05) is 0 Å². The van der Waals surface area contributed by atoms with E-state index in [-0.39, 0.29) is 0 Å². The second kappa shape index (κ2) is 3.88. The van der Waals surface area contributed by atoms with Gasteiger partial charge in [0.2, 0.25) is 0 Å². The number of aliphatic hydroxyl groups is 2. The molecule has 0 saturated heterocycles. The first-order valence-electron chi connectivity index (χ1n) is 3.89. The quantitative estimate of drug-likeness (QED) is 0.611. The first-order valence-corrected chi connectivity index (χ1v) is 3.89. The molecule has 11 heavy (non-hydrogen) atoms. The number of rotatable bonds is 3. The van der Waals surface area contributed by atoms with E-state index in [4.69, 9.17) is 5.11 Å². The summed E-state index contributed by atoms with van der Waals surface area (Å²) in [7, 11) is 0. The van der Waals surface area contributed by atoms with Gasteiger partial charge in [-0.3, -0.25) is 0 Å². The molecule has 2 nitrogen and oxygen atoms in total. The fraction of sp³-hybridized carbons (Fsp3) is 0.778. The minimum Gasteiger partial charge on any atom is -0.390 e. The third-order valence-electron chi connectivity index (χ3n) is 1.24. The van der Waals surface area contributed by atoms with Crippen LogP contribution in [0.3, 0.4) is 0 Å². The minimum atomic E-state index is -0.671. The van der Waals surface area contributed by atoms with E-state index in [1.54, 1.807) is 26.8 Å². The number of hydrogen-bond donors (Lipinski definition) is 2. The van der Waals surface area contributed by atoms with Gasteiger partial charge in [-0.25, -0.2) is 0 Å². The van der Waals surface area contributed by atoms with Crippen LogP contribution in [0.25, 0.3) is 0 Å². The molecular weight excluding hydrogens is 140 g/mol. The van der Waals surface area contributed by atoms with Crippen molar-refractivity contribution >= 4 is 0 Å². The van der Waals surface area contributed by atoms with Gasteiger partial charge in [-0.05, 0) is 34.1 Å². The first-order chi connectivity index (χ1) is 4.81. The number of aliphatic hydroxyl groups excluding tert-OH is 1. The normalized spacial score (nSPS) is 16.7. The monoisotopic (exact) mass is 158 g/mol. The summed E-state index contributed by atoms with van der Waals surface area (Å²) in [5, 5.41) is 18.3. The maximum atomic E-state index is 9.38. The topological polar surface area (TPSA) is 40.5 Å². The molecule has 0 aromatic carbocycles. The summed E-state index contributed by atoms with van der Waals surface area (Å²) in [6.07, 6.45) is 1.94. The van der Waals surface area contributed by atoms with Crippen LogP contribution in [0.1, 0.15) is 34.1 Å². The predicted molar refractivity (Wildman–Crippen MR) is 46.4 cm³/mol. The van der Waals surface area contributed by atoms with E-state index in [0.29, 0.717) is 6.42 Å². The zero-order chi connectivity index (χ0) is 9.07. The molecule has 0 rings (SSSR count). The molecule has 0 aliphatic heterocycles. The van der Waals surface area contributed by atoms with Gasteiger partial charge in [-0.15, -0.1) is 0 Å². The van der Waals surface area contributed by atoms with Gasteiger partial charge in [0.15, 0.2) is 0 Å². The summed E-state index contributed by atoms with van der Waals surface area (Å²) in [4.78, 5) is 0. The molecule has 0 heterocycles. The van der Waals surface area contributed by atoms with Crippen LogP contribution in [0.4, 0.5) is 0 Å². The summed E-state index contributed by atoms with van der Waals surface area (Å²) < 4.78 is 0. The minimum absolute atomic E-state index is 0.419. The summed E-state index contributed by atoms with van der Waals surface area (Å²) in [6.45, 7) is 7.12. The van der Waals surface area contributed by atoms with Crippen molar-refractivity contribution in [2.75, 3.05) is 0 Å². The van der Waals surface area contributed by atoms with Crippen LogP contribution in [0.15, 0.2) is 11.6 Å². The van der Waals surface area contributed by atoms with Gasteiger partial charge in [0.1, 0.15) is 0 Å². The molecule has 0 spiro atoms. The second-order valence-electron chi connectivity index (χ2n) is 3.74. The van der Waals surface area contributed by atoms with Crippen molar-refractivity contribution in [3.63, 3.8) is 0 Å². The van der Waals surface area contributed by atoms with Gasteiger partial charge in [0.05, 0.1) is 11.7 Å². The molecule has 66 valence electrons. The SMILES string of the molecule is C/C(=C\C(C)O)CC(C)(C)O. The van der Waals surface area contributed by atoms with Crippen LogP contribution < -0.4 is 0 Å². The largest absolute Gasteiger partial charge is 0.390 e. The summed E-state index contributed by atoms with van der Waals surface area (Å²) >= 11 is 0. The average Bonchev–Trinajstić information content (AvgIpc) is 1.53. The fourth-order valence-corrected chi connectivity index (χ4v) is 1.15. The third kappa shape index (κ3) is 7.56. The maximum absolute atomic E-state index is 9.38. The van der Waals surface area contributed by atoms with E-state index in [1.165, 1.54) is 0 Å². The van der Waals surface area contributed by atoms with Gasteiger partial charge in [0.25, 0.3) is 0 Å². The van der Waals surface area contributed by atoms with Crippen molar-refractivity contribution in [1.29, 1.82) is 0 Å². The molecule has 1 unspecified atom stereocenters. The molecule has 2 heteroatoms. The van der Waals surface area contributed by atoms with Crippen LogP contribution >= 0.6 is 0 Å². The molecule has 0 aliphatic carbocycles. The van der Waals surface area contributed by atoms with Gasteiger partial charge < -0.3 is 10.2 Å². The Bertz CT molecular complexity index is 140. The molecule has 0 aromatic rings. The standard InChI is InChI=1S/C9H18O2/c1-7(5-8(2)10)6-9(3,4)11/h5,8,10-11H,6H2,1-4H3/b7-5+. The zero-order valence-corrected chi connectivity index (χ0v) is 7.76. The van der Waals surface area contributed by atoms with E-state index >= 15 is 0 Å². The molecule has 0 bridgehead atoms. The third-order valence-corrected chi connectivity index (χ3v) is 1.24. The Morgan fingerprint density at radius 1 is 1.55 bits per heavy atom. The highest BCUT2D eigenvalue weighted by atomic mass is 16.3. The average molecular weight is 158 g/mol. The van der Waals surface area contributed by atoms with Gasteiger partial charge >= 0.3 is 0 Å². The Kier molecular flexibility index (Phi) is 3.76. The van der Waals surface area contributed by atoms with Crippen molar-refractivity contribution in [1.82, 2.24) is 0 Å². The zero-order valence-electron chi connectivity index (χ0n) is 7.76. The fourth-order valence-electron chi connectivity index (χ4n) is 1.15. The van der Waals surface area contributed by atoms with Crippen LogP contribution in [-0.2, 0) is 0 Å². The first kappa shape index (κ1) is 10.7. The van der Waals surface area contributed by atoms with E-state index in [0.717, 1.165) is 5.57 Å². The summed E-state index contributed by atoms with van der Waals surface area (Å²) in [5.74, 6) is 0. The molecule has 0 saturated carbocycles. The lowest BCUT2D eigenvalue weighted by Crippen LogP contribution is -2.18. The molecule has 0 amide bonds. The van der Waals surface area contributed by atoms with Crippen molar-refractivity contribution in [2.45, 2.75) is 45.8 Å². The van der Waals surface area contributed by atoms with Crippen LogP contribution in [-0.4, -0.2) is 21.9 Å². The molecule has 0 aliphatic rings. The maximum Gasteiger partial charge on any atom is 0.0695 e. The molecule has 0 aromatic heterocycles. The molecule has 0 radical (unpaired) electrons. The van der Waals surface area contributed by atoms with E-state index in [1.807, 2.05) is 6.92 Å². The smallest absolute Gasteiger partial charge is 0.0695 e. The van der Waals surface area contributed by atoms with Gasteiger partial charge in [-0.2, -0.15) is 0 Å². The molecule has 2 N–H and O–H groups in total. The Hall–Kier alpha value is -0.340. The van der Waals surface area contributed by atoms with Crippen molar-refractivity contribution in [3.05, 3.63) is 11.6 Å². The van der Waals surface area contributed by atoms with Crippen LogP contribution in [0.5, 0.6) is 0 Å². The predicted octanol–water partition coefficient (Wildman–Crippen LogP) is 1.47. The van der Waals surface area contributed by atoms with Crippen LogP contribution in [0, 0.1) is 0 Å². The van der Waals surface area contributed by atoms with E-state index in [2.05, 4.69) is 0 Å². The summed E-state index contributed by atoms with van der Waals surface area (Å²) in [5.41, 5.74) is 0.350. The van der Waals surface area contributed by atoms with Crippen molar-refractivity contribution < 1.29 is 10.2 Å². The van der Waals surface area contributed by atoms with E-state index < -0.39 is 11.7 Å². The lowest BCUT2D eigenvalue weighted by atomic mass is 9.99. The van der Waals surface area contributed by atoms with E-state index in [9.17, 15) is 5.11 Å². The second-order valence-corrected chi connectivity index (χ2v) is 3.74. The van der Waals surface area contributed by atoms with Crippen LogP contribution in [0.2, 0.25) is 0 Å². The Labute approximate surface area is 68.6 Å². The lowest BCUT2D eigenvalue weighted by molar-refractivity contribution is 0.0806. The summed E-state index contributed by atoms with van der Waals surface area (Å²) in [6, 6.07) is 0. The Balaban J connectivity index is 3.97. The molecule has 1 atom stereocenters.